The summed E-state index contributed by atoms with van der Waals surface area (Å²) in [5, 5.41) is 20.8. The van der Waals surface area contributed by atoms with E-state index < -0.39 is 6.09 Å². The second-order valence-electron chi connectivity index (χ2n) is 9.08. The molecule has 2 bridgehead atoms. The van der Waals surface area contributed by atoms with Crippen molar-refractivity contribution in [3.8, 4) is 0 Å². The molecule has 2 aliphatic rings. The van der Waals surface area contributed by atoms with Gasteiger partial charge in [-0.2, -0.15) is 0 Å². The van der Waals surface area contributed by atoms with E-state index in [1.807, 2.05) is 30.3 Å². The summed E-state index contributed by atoms with van der Waals surface area (Å²) < 4.78 is 2.38. The lowest BCUT2D eigenvalue weighted by Gasteiger charge is -2.40. The fourth-order valence-electron chi connectivity index (χ4n) is 5.49. The maximum Gasteiger partial charge on any atom is 0.405 e. The Labute approximate surface area is 178 Å². The van der Waals surface area contributed by atoms with E-state index in [4.69, 9.17) is 0 Å². The Balaban J connectivity index is 1.44. The zero-order chi connectivity index (χ0) is 21.3. The molecule has 2 unspecified atom stereocenters. The van der Waals surface area contributed by atoms with Crippen molar-refractivity contribution < 1.29 is 9.90 Å². The number of hydrogen-bond donors (Lipinski definition) is 2. The van der Waals surface area contributed by atoms with E-state index >= 15 is 0 Å². The second kappa shape index (κ2) is 8.76. The van der Waals surface area contributed by atoms with Gasteiger partial charge in [-0.3, -0.25) is 4.90 Å². The van der Waals surface area contributed by atoms with Crippen LogP contribution >= 0.6 is 0 Å². The summed E-state index contributed by atoms with van der Waals surface area (Å²) in [5.74, 6) is 2.49. The highest BCUT2D eigenvalue weighted by Crippen LogP contribution is 2.42. The number of fused-ring (bicyclic) bond motifs is 2. The van der Waals surface area contributed by atoms with Gasteiger partial charge in [-0.05, 0) is 44.6 Å². The van der Waals surface area contributed by atoms with Crippen molar-refractivity contribution >= 4 is 6.09 Å². The standard InChI is InChI=1S/C23H33N5O2/c1-15(2)22-26-25-16(3)28(22)20-13-18-9-10-19(14-20)27(18)12-11-21(24-23(29)30)17-7-5-4-6-8-17/h4-8,15,18-21,24H,9-14H2,1-3H3,(H,29,30)/t18?,19?,20?,21-/m0/s1. The Morgan fingerprint density at radius 1 is 1.13 bits per heavy atom. The summed E-state index contributed by atoms with van der Waals surface area (Å²) in [5.41, 5.74) is 1.03. The molecule has 30 heavy (non-hydrogen) atoms. The van der Waals surface area contributed by atoms with Gasteiger partial charge >= 0.3 is 6.09 Å². The third kappa shape index (κ3) is 4.21. The SMILES string of the molecule is Cc1nnc(C(C)C)n1C1CC2CCC(C1)N2CC[C@H](NC(=O)O)c1ccccc1. The Hall–Kier alpha value is -2.41. The number of carboxylic acid groups (broad SMARTS) is 1. The minimum atomic E-state index is -0.963. The fraction of sp³-hybridized carbons (Fsp3) is 0.609. The summed E-state index contributed by atoms with van der Waals surface area (Å²) in [7, 11) is 0. The van der Waals surface area contributed by atoms with Gasteiger partial charge in [0.1, 0.15) is 11.6 Å². The number of aromatic nitrogens is 3. The predicted molar refractivity (Wildman–Crippen MR) is 116 cm³/mol. The van der Waals surface area contributed by atoms with Crippen LogP contribution in [0.1, 0.15) is 81.2 Å². The average molecular weight is 412 g/mol. The topological polar surface area (TPSA) is 83.3 Å². The molecule has 0 spiro atoms. The van der Waals surface area contributed by atoms with Crippen LogP contribution in [0.5, 0.6) is 0 Å². The minimum absolute atomic E-state index is 0.173. The van der Waals surface area contributed by atoms with Gasteiger partial charge in [0.15, 0.2) is 0 Å². The molecular weight excluding hydrogens is 378 g/mol. The van der Waals surface area contributed by atoms with Crippen LogP contribution < -0.4 is 5.32 Å². The van der Waals surface area contributed by atoms with Gasteiger partial charge in [-0.15, -0.1) is 10.2 Å². The largest absolute Gasteiger partial charge is 0.465 e. The Morgan fingerprint density at radius 3 is 2.40 bits per heavy atom. The van der Waals surface area contributed by atoms with Crippen molar-refractivity contribution in [2.45, 2.75) is 83.0 Å². The van der Waals surface area contributed by atoms with Crippen molar-refractivity contribution in [1.82, 2.24) is 25.0 Å². The minimum Gasteiger partial charge on any atom is -0.465 e. The average Bonchev–Trinajstić information content (AvgIpc) is 3.21. The number of nitrogens with zero attached hydrogens (tertiary/aromatic N) is 4. The van der Waals surface area contributed by atoms with Crippen molar-refractivity contribution in [2.75, 3.05) is 6.54 Å². The number of benzene rings is 1. The molecule has 0 saturated carbocycles. The molecule has 162 valence electrons. The van der Waals surface area contributed by atoms with E-state index in [0.29, 0.717) is 24.0 Å². The van der Waals surface area contributed by atoms with Crippen molar-refractivity contribution in [2.24, 2.45) is 0 Å². The Morgan fingerprint density at radius 2 is 1.80 bits per heavy atom. The molecule has 2 N–H and O–H groups in total. The molecule has 0 radical (unpaired) electrons. The van der Waals surface area contributed by atoms with Crippen LogP contribution in [-0.4, -0.2) is 49.5 Å². The Kier molecular flexibility index (Phi) is 6.09. The third-order valence-corrected chi connectivity index (χ3v) is 6.81. The van der Waals surface area contributed by atoms with Crippen LogP contribution in [0.4, 0.5) is 4.79 Å². The molecule has 2 saturated heterocycles. The van der Waals surface area contributed by atoms with E-state index in [0.717, 1.165) is 43.0 Å². The lowest BCUT2D eigenvalue weighted by Crippen LogP contribution is -2.45. The predicted octanol–water partition coefficient (Wildman–Crippen LogP) is 4.28. The van der Waals surface area contributed by atoms with Crippen molar-refractivity contribution in [3.63, 3.8) is 0 Å². The molecule has 2 fully saturated rings. The number of piperidine rings is 1. The molecular formula is C23H33N5O2. The number of amides is 1. The first-order valence-electron chi connectivity index (χ1n) is 11.2. The summed E-state index contributed by atoms with van der Waals surface area (Å²) in [6.45, 7) is 7.35. The molecule has 7 heteroatoms. The summed E-state index contributed by atoms with van der Waals surface area (Å²) in [6.07, 6.45) is 4.52. The highest BCUT2D eigenvalue weighted by Gasteiger charge is 2.42. The quantitative estimate of drug-likeness (QED) is 0.711. The van der Waals surface area contributed by atoms with Crippen LogP contribution in [-0.2, 0) is 0 Å². The van der Waals surface area contributed by atoms with Gasteiger partial charge < -0.3 is 15.0 Å². The van der Waals surface area contributed by atoms with Gasteiger partial charge in [0.2, 0.25) is 0 Å². The van der Waals surface area contributed by atoms with Crippen molar-refractivity contribution in [3.05, 3.63) is 47.5 Å². The molecule has 1 amide bonds. The highest BCUT2D eigenvalue weighted by molar-refractivity contribution is 5.65. The summed E-state index contributed by atoms with van der Waals surface area (Å²) in [4.78, 5) is 14.0. The van der Waals surface area contributed by atoms with Gasteiger partial charge in [0, 0.05) is 30.6 Å². The summed E-state index contributed by atoms with van der Waals surface area (Å²) >= 11 is 0. The lowest BCUT2D eigenvalue weighted by molar-refractivity contribution is 0.0994. The number of rotatable bonds is 7. The van der Waals surface area contributed by atoms with Gasteiger partial charge in [-0.1, -0.05) is 44.2 Å². The monoisotopic (exact) mass is 411 g/mol. The number of carbonyl (C=O) groups is 1. The van der Waals surface area contributed by atoms with Crippen LogP contribution in [0, 0.1) is 6.92 Å². The third-order valence-electron chi connectivity index (χ3n) is 6.81. The summed E-state index contributed by atoms with van der Waals surface area (Å²) in [6, 6.07) is 11.3. The molecule has 2 aliphatic heterocycles. The lowest BCUT2D eigenvalue weighted by atomic mass is 9.95. The van der Waals surface area contributed by atoms with Gasteiger partial charge in [0.05, 0.1) is 6.04 Å². The van der Waals surface area contributed by atoms with Crippen molar-refractivity contribution in [1.29, 1.82) is 0 Å². The highest BCUT2D eigenvalue weighted by atomic mass is 16.4. The molecule has 7 nitrogen and oxygen atoms in total. The first-order chi connectivity index (χ1) is 14.4. The molecule has 3 heterocycles. The maximum atomic E-state index is 11.3. The smallest absolute Gasteiger partial charge is 0.405 e. The second-order valence-corrected chi connectivity index (χ2v) is 9.08. The molecule has 2 aromatic rings. The molecule has 0 aliphatic carbocycles. The van der Waals surface area contributed by atoms with E-state index in [1.165, 1.54) is 12.8 Å². The zero-order valence-corrected chi connectivity index (χ0v) is 18.2. The molecule has 1 aromatic heterocycles. The number of hydrogen-bond acceptors (Lipinski definition) is 4. The zero-order valence-electron chi connectivity index (χ0n) is 18.2. The van der Waals surface area contributed by atoms with Gasteiger partial charge in [0.25, 0.3) is 0 Å². The van der Waals surface area contributed by atoms with E-state index in [2.05, 4.69) is 45.8 Å². The first-order valence-corrected chi connectivity index (χ1v) is 11.2. The molecule has 3 atom stereocenters. The van der Waals surface area contributed by atoms with E-state index in [-0.39, 0.29) is 6.04 Å². The van der Waals surface area contributed by atoms with Gasteiger partial charge in [-0.25, -0.2) is 4.79 Å². The molecule has 4 rings (SSSR count). The number of aryl methyl sites for hydroxylation is 1. The maximum absolute atomic E-state index is 11.3. The van der Waals surface area contributed by atoms with Crippen LogP contribution in [0.15, 0.2) is 30.3 Å². The van der Waals surface area contributed by atoms with Crippen LogP contribution in [0.3, 0.4) is 0 Å². The van der Waals surface area contributed by atoms with E-state index in [1.54, 1.807) is 0 Å². The normalized spacial score (nSPS) is 24.9. The van der Waals surface area contributed by atoms with Crippen LogP contribution in [0.25, 0.3) is 0 Å². The Bertz CT molecular complexity index is 852. The molecule has 1 aromatic carbocycles. The number of nitrogens with one attached hydrogen (secondary N) is 1. The fourth-order valence-corrected chi connectivity index (χ4v) is 5.49. The van der Waals surface area contributed by atoms with E-state index in [9.17, 15) is 9.90 Å². The first kappa shape index (κ1) is 20.8. The van der Waals surface area contributed by atoms with Crippen LogP contribution in [0.2, 0.25) is 0 Å².